The molecule has 1 heterocycles. The molecule has 1 fully saturated rings. The van der Waals surface area contributed by atoms with Crippen molar-refractivity contribution in [2.75, 3.05) is 13.7 Å². The first-order valence-electron chi connectivity index (χ1n) is 4.18. The molecule has 0 aliphatic carbocycles. The Hall–Kier alpha value is -0.610. The molecule has 0 saturated carbocycles. The van der Waals surface area contributed by atoms with Crippen LogP contribution in [0.2, 0.25) is 0 Å². The van der Waals surface area contributed by atoms with Gasteiger partial charge in [-0.1, -0.05) is 0 Å². The summed E-state index contributed by atoms with van der Waals surface area (Å²) in [5.74, 6) is -0.266. The maximum absolute atomic E-state index is 10.8. The molecule has 1 aliphatic heterocycles. The lowest BCUT2D eigenvalue weighted by atomic mass is 10.1. The molecular weight excluding hydrogens is 158 g/mol. The zero-order valence-electron chi connectivity index (χ0n) is 7.29. The number of carbonyl (C=O) groups excluding carboxylic acids is 1. The van der Waals surface area contributed by atoms with Gasteiger partial charge in [0.25, 0.3) is 0 Å². The quantitative estimate of drug-likeness (QED) is 0.613. The standard InChI is InChI=1S/C8H15NO3/c1-11-8(10)5-6(9)7-3-2-4-12-7/h6-7H,2-5,9H2,1H3. The molecule has 1 aliphatic rings. The van der Waals surface area contributed by atoms with Crippen LogP contribution >= 0.6 is 0 Å². The first-order chi connectivity index (χ1) is 5.74. The van der Waals surface area contributed by atoms with Gasteiger partial charge < -0.3 is 15.2 Å². The highest BCUT2D eigenvalue weighted by atomic mass is 16.5. The summed E-state index contributed by atoms with van der Waals surface area (Å²) < 4.78 is 9.83. The van der Waals surface area contributed by atoms with Gasteiger partial charge in [-0.2, -0.15) is 0 Å². The fourth-order valence-electron chi connectivity index (χ4n) is 1.35. The number of rotatable bonds is 3. The van der Waals surface area contributed by atoms with Gasteiger partial charge in [0, 0.05) is 12.6 Å². The van der Waals surface area contributed by atoms with E-state index in [9.17, 15) is 4.79 Å². The Bertz CT molecular complexity index is 154. The van der Waals surface area contributed by atoms with Crippen molar-refractivity contribution in [3.8, 4) is 0 Å². The second-order valence-electron chi connectivity index (χ2n) is 3.00. The van der Waals surface area contributed by atoms with Crippen molar-refractivity contribution < 1.29 is 14.3 Å². The smallest absolute Gasteiger partial charge is 0.307 e. The molecule has 0 aromatic heterocycles. The highest BCUT2D eigenvalue weighted by Crippen LogP contribution is 2.16. The summed E-state index contributed by atoms with van der Waals surface area (Å²) in [5, 5.41) is 0. The van der Waals surface area contributed by atoms with Crippen molar-refractivity contribution in [3.63, 3.8) is 0 Å². The Morgan fingerprint density at radius 1 is 1.83 bits per heavy atom. The van der Waals surface area contributed by atoms with E-state index in [1.165, 1.54) is 7.11 Å². The van der Waals surface area contributed by atoms with E-state index in [1.54, 1.807) is 0 Å². The first-order valence-corrected chi connectivity index (χ1v) is 4.18. The van der Waals surface area contributed by atoms with Crippen LogP contribution in [-0.2, 0) is 14.3 Å². The van der Waals surface area contributed by atoms with Gasteiger partial charge in [-0.15, -0.1) is 0 Å². The van der Waals surface area contributed by atoms with Gasteiger partial charge in [-0.25, -0.2) is 0 Å². The molecule has 4 heteroatoms. The van der Waals surface area contributed by atoms with Crippen LogP contribution in [0.15, 0.2) is 0 Å². The lowest BCUT2D eigenvalue weighted by Gasteiger charge is -2.16. The fourth-order valence-corrected chi connectivity index (χ4v) is 1.35. The van der Waals surface area contributed by atoms with E-state index in [1.807, 2.05) is 0 Å². The van der Waals surface area contributed by atoms with Crippen LogP contribution in [-0.4, -0.2) is 31.8 Å². The summed E-state index contributed by atoms with van der Waals surface area (Å²) in [6, 6.07) is -0.208. The van der Waals surface area contributed by atoms with Gasteiger partial charge in [0.1, 0.15) is 0 Å². The van der Waals surface area contributed by atoms with Gasteiger partial charge >= 0.3 is 5.97 Å². The lowest BCUT2D eigenvalue weighted by molar-refractivity contribution is -0.141. The van der Waals surface area contributed by atoms with Crippen LogP contribution in [0.5, 0.6) is 0 Å². The maximum atomic E-state index is 10.8. The Labute approximate surface area is 72.0 Å². The largest absolute Gasteiger partial charge is 0.469 e. The number of hydrogen-bond acceptors (Lipinski definition) is 4. The SMILES string of the molecule is COC(=O)CC(N)C1CCCO1. The second-order valence-corrected chi connectivity index (χ2v) is 3.00. The highest BCUT2D eigenvalue weighted by molar-refractivity contribution is 5.69. The average molecular weight is 173 g/mol. The Morgan fingerprint density at radius 2 is 2.58 bits per heavy atom. The minimum absolute atomic E-state index is 0.0455. The monoisotopic (exact) mass is 173 g/mol. The summed E-state index contributed by atoms with van der Waals surface area (Å²) >= 11 is 0. The average Bonchev–Trinajstić information content (AvgIpc) is 2.56. The molecular formula is C8H15NO3. The normalized spacial score (nSPS) is 25.3. The van der Waals surface area contributed by atoms with Crippen molar-refractivity contribution in [1.29, 1.82) is 0 Å². The number of esters is 1. The number of carbonyl (C=O) groups is 1. The maximum Gasteiger partial charge on any atom is 0.307 e. The van der Waals surface area contributed by atoms with Crippen LogP contribution in [0.25, 0.3) is 0 Å². The summed E-state index contributed by atoms with van der Waals surface area (Å²) in [6.45, 7) is 0.763. The molecule has 1 saturated heterocycles. The van der Waals surface area contributed by atoms with E-state index in [2.05, 4.69) is 4.74 Å². The predicted molar refractivity (Wildman–Crippen MR) is 43.6 cm³/mol. The molecule has 0 amide bonds. The van der Waals surface area contributed by atoms with E-state index in [0.717, 1.165) is 19.4 Å². The van der Waals surface area contributed by atoms with Gasteiger partial charge in [-0.05, 0) is 12.8 Å². The molecule has 0 radical (unpaired) electrons. The van der Waals surface area contributed by atoms with Gasteiger partial charge in [-0.3, -0.25) is 4.79 Å². The van der Waals surface area contributed by atoms with E-state index >= 15 is 0 Å². The van der Waals surface area contributed by atoms with Crippen LogP contribution in [0.1, 0.15) is 19.3 Å². The van der Waals surface area contributed by atoms with E-state index in [4.69, 9.17) is 10.5 Å². The van der Waals surface area contributed by atoms with E-state index in [0.29, 0.717) is 0 Å². The molecule has 1 rings (SSSR count). The Morgan fingerprint density at radius 3 is 3.08 bits per heavy atom. The second kappa shape index (κ2) is 4.42. The van der Waals surface area contributed by atoms with Crippen LogP contribution in [0, 0.1) is 0 Å². The first kappa shape index (κ1) is 9.48. The molecule has 0 bridgehead atoms. The number of nitrogens with two attached hydrogens (primary N) is 1. The minimum atomic E-state index is -0.266. The van der Waals surface area contributed by atoms with Crippen molar-refractivity contribution in [2.24, 2.45) is 5.73 Å². The van der Waals surface area contributed by atoms with Gasteiger partial charge in [0.2, 0.25) is 0 Å². The van der Waals surface area contributed by atoms with Gasteiger partial charge in [0.05, 0.1) is 19.6 Å². The highest BCUT2D eigenvalue weighted by Gasteiger charge is 2.24. The summed E-state index contributed by atoms with van der Waals surface area (Å²) in [4.78, 5) is 10.8. The van der Waals surface area contributed by atoms with E-state index < -0.39 is 0 Å². The molecule has 70 valence electrons. The van der Waals surface area contributed by atoms with Crippen LogP contribution in [0.3, 0.4) is 0 Å². The molecule has 12 heavy (non-hydrogen) atoms. The summed E-state index contributed by atoms with van der Waals surface area (Å²) in [6.07, 6.45) is 2.29. The molecule has 0 spiro atoms. The van der Waals surface area contributed by atoms with Crippen LogP contribution < -0.4 is 5.73 Å². The molecule has 2 atom stereocenters. The fraction of sp³-hybridized carbons (Fsp3) is 0.875. The third-order valence-electron chi connectivity index (χ3n) is 2.07. The molecule has 2 N–H and O–H groups in total. The van der Waals surface area contributed by atoms with Crippen LogP contribution in [0.4, 0.5) is 0 Å². The molecule has 4 nitrogen and oxygen atoms in total. The lowest BCUT2D eigenvalue weighted by Crippen LogP contribution is -2.36. The third-order valence-corrected chi connectivity index (χ3v) is 2.07. The minimum Gasteiger partial charge on any atom is -0.469 e. The Kier molecular flexibility index (Phi) is 3.49. The Balaban J connectivity index is 2.26. The predicted octanol–water partition coefficient (Wildman–Crippen LogP) is 0.0558. The van der Waals surface area contributed by atoms with Crippen molar-refractivity contribution >= 4 is 5.97 Å². The zero-order valence-corrected chi connectivity index (χ0v) is 7.29. The van der Waals surface area contributed by atoms with Gasteiger partial charge in [0.15, 0.2) is 0 Å². The van der Waals surface area contributed by atoms with E-state index in [-0.39, 0.29) is 24.5 Å². The van der Waals surface area contributed by atoms with Crippen molar-refractivity contribution in [1.82, 2.24) is 0 Å². The topological polar surface area (TPSA) is 61.5 Å². The number of ether oxygens (including phenoxy) is 2. The zero-order chi connectivity index (χ0) is 8.97. The summed E-state index contributed by atoms with van der Waals surface area (Å²) in [5.41, 5.74) is 5.73. The number of methoxy groups -OCH3 is 1. The third kappa shape index (κ3) is 2.46. The molecule has 0 aromatic carbocycles. The van der Waals surface area contributed by atoms with Crippen molar-refractivity contribution in [3.05, 3.63) is 0 Å². The molecule has 2 unspecified atom stereocenters. The number of hydrogen-bond donors (Lipinski definition) is 1. The van der Waals surface area contributed by atoms with Crippen molar-refractivity contribution in [2.45, 2.75) is 31.4 Å². The molecule has 0 aromatic rings. The summed E-state index contributed by atoms with van der Waals surface area (Å²) in [7, 11) is 1.37.